The molecule has 21 heavy (non-hydrogen) atoms. The van der Waals surface area contributed by atoms with Crippen molar-refractivity contribution < 1.29 is 0 Å². The molecule has 1 aromatic carbocycles. The molecule has 1 fully saturated rings. The third-order valence-electron chi connectivity index (χ3n) is 4.89. The Balaban J connectivity index is 2.01. The highest BCUT2D eigenvalue weighted by atomic mass is 79.9. The highest BCUT2D eigenvalue weighted by Gasteiger charge is 2.34. The summed E-state index contributed by atoms with van der Waals surface area (Å²) < 4.78 is 1.18. The monoisotopic (exact) mass is 351 g/mol. The van der Waals surface area contributed by atoms with E-state index in [4.69, 9.17) is 0 Å². The van der Waals surface area contributed by atoms with Crippen LogP contribution in [0.4, 0.5) is 0 Å². The van der Waals surface area contributed by atoms with Crippen molar-refractivity contribution in [2.45, 2.75) is 65.3 Å². The fraction of sp³-hybridized carbons (Fsp3) is 0.684. The van der Waals surface area contributed by atoms with E-state index in [-0.39, 0.29) is 0 Å². The molecule has 0 saturated heterocycles. The molecule has 1 saturated carbocycles. The van der Waals surface area contributed by atoms with Crippen molar-refractivity contribution in [1.82, 2.24) is 5.32 Å². The molecule has 0 radical (unpaired) electrons. The lowest BCUT2D eigenvalue weighted by Crippen LogP contribution is -2.35. The van der Waals surface area contributed by atoms with Crippen molar-refractivity contribution in [1.29, 1.82) is 0 Å². The summed E-state index contributed by atoms with van der Waals surface area (Å²) in [6.45, 7) is 8.19. The molecule has 1 atom stereocenters. The van der Waals surface area contributed by atoms with Gasteiger partial charge in [0.25, 0.3) is 0 Å². The molecular formula is C19H30BrN. The molecule has 0 aromatic heterocycles. The Morgan fingerprint density at radius 3 is 2.52 bits per heavy atom. The topological polar surface area (TPSA) is 12.0 Å². The molecule has 0 bridgehead atoms. The molecule has 1 aromatic rings. The fourth-order valence-corrected chi connectivity index (χ4v) is 4.42. The average molecular weight is 352 g/mol. The Labute approximate surface area is 139 Å². The highest BCUT2D eigenvalue weighted by molar-refractivity contribution is 9.10. The third-order valence-corrected chi connectivity index (χ3v) is 5.38. The smallest absolute Gasteiger partial charge is 0.0318 e. The maximum absolute atomic E-state index is 3.88. The summed E-state index contributed by atoms with van der Waals surface area (Å²) in [6, 6.07) is 9.23. The molecule has 1 nitrogen and oxygen atoms in total. The summed E-state index contributed by atoms with van der Waals surface area (Å²) in [5, 5.41) is 3.88. The predicted octanol–water partition coefficient (Wildman–Crippen LogP) is 6.10. The molecule has 0 amide bonds. The van der Waals surface area contributed by atoms with Crippen molar-refractivity contribution in [2.24, 2.45) is 11.3 Å². The quantitative estimate of drug-likeness (QED) is 0.625. The summed E-state index contributed by atoms with van der Waals surface area (Å²) in [5.74, 6) is 0.802. The normalized spacial score (nSPS) is 19.1. The van der Waals surface area contributed by atoms with E-state index < -0.39 is 0 Å². The lowest BCUT2D eigenvalue weighted by molar-refractivity contribution is 0.214. The van der Waals surface area contributed by atoms with Crippen LogP contribution in [0.3, 0.4) is 0 Å². The van der Waals surface area contributed by atoms with Crippen LogP contribution in [0.5, 0.6) is 0 Å². The summed E-state index contributed by atoms with van der Waals surface area (Å²) in [6.07, 6.45) is 8.17. The van der Waals surface area contributed by atoms with E-state index in [0.29, 0.717) is 11.5 Å². The van der Waals surface area contributed by atoms with Crippen LogP contribution in [0.15, 0.2) is 28.7 Å². The van der Waals surface area contributed by atoms with Crippen LogP contribution in [0.1, 0.15) is 70.9 Å². The van der Waals surface area contributed by atoms with Crippen molar-refractivity contribution in [2.75, 3.05) is 6.54 Å². The van der Waals surface area contributed by atoms with Gasteiger partial charge in [-0.15, -0.1) is 0 Å². The zero-order valence-electron chi connectivity index (χ0n) is 13.8. The largest absolute Gasteiger partial charge is 0.309 e. The molecule has 1 unspecified atom stereocenters. The zero-order valence-corrected chi connectivity index (χ0v) is 15.4. The van der Waals surface area contributed by atoms with E-state index in [1.165, 1.54) is 48.7 Å². The second kappa shape index (κ2) is 7.78. The Morgan fingerprint density at radius 1 is 1.24 bits per heavy atom. The van der Waals surface area contributed by atoms with E-state index in [0.717, 1.165) is 12.3 Å². The van der Waals surface area contributed by atoms with Crippen LogP contribution in [0.25, 0.3) is 0 Å². The lowest BCUT2D eigenvalue weighted by atomic mass is 9.78. The molecule has 1 aliphatic carbocycles. The van der Waals surface area contributed by atoms with Gasteiger partial charge in [-0.05, 0) is 54.7 Å². The van der Waals surface area contributed by atoms with Crippen molar-refractivity contribution in [3.05, 3.63) is 34.3 Å². The summed E-state index contributed by atoms with van der Waals surface area (Å²) in [5.41, 5.74) is 1.96. The number of rotatable bonds is 7. The first kappa shape index (κ1) is 17.0. The van der Waals surface area contributed by atoms with Crippen LogP contribution in [0, 0.1) is 11.3 Å². The van der Waals surface area contributed by atoms with E-state index in [1.807, 2.05) is 0 Å². The third kappa shape index (κ3) is 4.82. The molecule has 1 N–H and O–H groups in total. The maximum atomic E-state index is 3.88. The number of hydrogen-bond acceptors (Lipinski definition) is 1. The second-order valence-corrected chi connectivity index (χ2v) is 8.12. The molecule has 0 aliphatic heterocycles. The number of benzene rings is 1. The zero-order chi connectivity index (χ0) is 15.3. The fourth-order valence-electron chi connectivity index (χ4n) is 4.01. The van der Waals surface area contributed by atoms with Crippen LogP contribution < -0.4 is 5.32 Å². The highest BCUT2D eigenvalue weighted by Crippen LogP contribution is 2.43. The first-order valence-electron chi connectivity index (χ1n) is 8.53. The van der Waals surface area contributed by atoms with Crippen LogP contribution in [-0.2, 0) is 0 Å². The summed E-state index contributed by atoms with van der Waals surface area (Å²) in [4.78, 5) is 0. The molecule has 0 heterocycles. The van der Waals surface area contributed by atoms with Gasteiger partial charge in [0.05, 0.1) is 0 Å². The minimum absolute atomic E-state index is 0.479. The first-order chi connectivity index (χ1) is 10.0. The average Bonchev–Trinajstić information content (AvgIpc) is 2.87. The van der Waals surface area contributed by atoms with Gasteiger partial charge >= 0.3 is 0 Å². The second-order valence-electron chi connectivity index (χ2n) is 7.20. The van der Waals surface area contributed by atoms with E-state index in [1.54, 1.807) is 0 Å². The van der Waals surface area contributed by atoms with Crippen molar-refractivity contribution in [3.63, 3.8) is 0 Å². The molecule has 2 rings (SSSR count). The Morgan fingerprint density at radius 2 is 1.95 bits per heavy atom. The Hall–Kier alpha value is -0.340. The number of hydrogen-bond donors (Lipinski definition) is 1. The minimum Gasteiger partial charge on any atom is -0.309 e. The standard InChI is InChI=1S/C19H30BrN/c1-4-18(16-8-7-9-17(20)12-16)21-14-19(13-15(2)3)10-5-6-11-19/h7-9,12,15,18,21H,4-6,10-11,13-14H2,1-3H3. The Bertz CT molecular complexity index is 435. The first-order valence-corrected chi connectivity index (χ1v) is 9.33. The molecule has 2 heteroatoms. The van der Waals surface area contributed by atoms with Crippen molar-refractivity contribution in [3.8, 4) is 0 Å². The van der Waals surface area contributed by atoms with Gasteiger partial charge in [-0.3, -0.25) is 0 Å². The predicted molar refractivity (Wildman–Crippen MR) is 95.5 cm³/mol. The van der Waals surface area contributed by atoms with Gasteiger partial charge in [-0.25, -0.2) is 0 Å². The van der Waals surface area contributed by atoms with Crippen LogP contribution in [-0.4, -0.2) is 6.54 Å². The van der Waals surface area contributed by atoms with Gasteiger partial charge in [0.15, 0.2) is 0 Å². The van der Waals surface area contributed by atoms with E-state index in [2.05, 4.69) is 66.3 Å². The van der Waals surface area contributed by atoms with Gasteiger partial charge < -0.3 is 5.32 Å². The SMILES string of the molecule is CCC(NCC1(CC(C)C)CCCC1)c1cccc(Br)c1. The molecule has 0 spiro atoms. The van der Waals surface area contributed by atoms with Crippen LogP contribution >= 0.6 is 15.9 Å². The van der Waals surface area contributed by atoms with E-state index >= 15 is 0 Å². The molecule has 118 valence electrons. The summed E-state index contributed by atoms with van der Waals surface area (Å²) in [7, 11) is 0. The van der Waals surface area contributed by atoms with Gasteiger partial charge in [0.2, 0.25) is 0 Å². The lowest BCUT2D eigenvalue weighted by Gasteiger charge is -2.33. The number of halogens is 1. The minimum atomic E-state index is 0.479. The maximum Gasteiger partial charge on any atom is 0.0318 e. The van der Waals surface area contributed by atoms with Gasteiger partial charge in [0, 0.05) is 17.1 Å². The van der Waals surface area contributed by atoms with E-state index in [9.17, 15) is 0 Å². The number of nitrogens with one attached hydrogen (secondary N) is 1. The molecular weight excluding hydrogens is 322 g/mol. The van der Waals surface area contributed by atoms with Crippen LogP contribution in [0.2, 0.25) is 0 Å². The Kier molecular flexibility index (Phi) is 6.31. The van der Waals surface area contributed by atoms with Gasteiger partial charge in [-0.2, -0.15) is 0 Å². The molecule has 1 aliphatic rings. The van der Waals surface area contributed by atoms with Crippen molar-refractivity contribution >= 4 is 15.9 Å². The van der Waals surface area contributed by atoms with Gasteiger partial charge in [-0.1, -0.05) is 61.7 Å². The van der Waals surface area contributed by atoms with Gasteiger partial charge in [0.1, 0.15) is 0 Å². The summed E-state index contributed by atoms with van der Waals surface area (Å²) >= 11 is 3.59.